The van der Waals surface area contributed by atoms with Crippen LogP contribution in [0.4, 0.5) is 0 Å². The second kappa shape index (κ2) is 4.17. The van der Waals surface area contributed by atoms with Gasteiger partial charge in [-0.05, 0) is 60.7 Å². The fourth-order valence-corrected chi connectivity index (χ4v) is 4.93. The number of hydrogen-bond donors (Lipinski definition) is 1. The lowest BCUT2D eigenvalue weighted by atomic mass is 9.60. The predicted octanol–water partition coefficient (Wildman–Crippen LogP) is 3.19. The molecule has 2 nitrogen and oxygen atoms in total. The van der Waals surface area contributed by atoms with Crippen LogP contribution in [-0.2, 0) is 4.79 Å². The molecule has 0 saturated heterocycles. The summed E-state index contributed by atoms with van der Waals surface area (Å²) in [5.74, 6) is 2.01. The summed E-state index contributed by atoms with van der Waals surface area (Å²) in [4.78, 5) is 11.6. The van der Waals surface area contributed by atoms with E-state index in [0.717, 1.165) is 19.3 Å². The van der Waals surface area contributed by atoms with Gasteiger partial charge in [-0.15, -0.1) is 0 Å². The molecule has 5 unspecified atom stereocenters. The molecule has 0 radical (unpaired) electrons. The van der Waals surface area contributed by atoms with Crippen molar-refractivity contribution in [2.75, 3.05) is 0 Å². The molecule has 0 heterocycles. The van der Waals surface area contributed by atoms with Crippen molar-refractivity contribution in [2.24, 2.45) is 23.2 Å². The number of carbonyl (C=O) groups is 1. The van der Waals surface area contributed by atoms with Crippen LogP contribution in [0.2, 0.25) is 0 Å². The van der Waals surface area contributed by atoms with Gasteiger partial charge >= 0.3 is 0 Å². The topological polar surface area (TPSA) is 37.3 Å². The molecular formula is C18H22O2. The molecule has 0 aromatic heterocycles. The van der Waals surface area contributed by atoms with E-state index < -0.39 is 0 Å². The van der Waals surface area contributed by atoms with Gasteiger partial charge in [-0.25, -0.2) is 0 Å². The maximum Gasteiger partial charge on any atom is 0.155 e. The number of ketones is 1. The van der Waals surface area contributed by atoms with Crippen LogP contribution in [0.1, 0.15) is 39.0 Å². The highest BCUT2D eigenvalue weighted by atomic mass is 16.3. The number of aliphatic hydroxyl groups excluding tert-OH is 1. The Morgan fingerprint density at radius 3 is 2.90 bits per heavy atom. The largest absolute Gasteiger partial charge is 0.392 e. The number of carbonyl (C=O) groups excluding carboxylic acids is 1. The maximum atomic E-state index is 11.6. The number of hydrogen-bond acceptors (Lipinski definition) is 2. The highest BCUT2D eigenvalue weighted by molar-refractivity contribution is 5.92. The Bertz CT molecular complexity index is 554. The zero-order chi connectivity index (χ0) is 13.9. The molecule has 0 aliphatic heterocycles. The molecule has 4 aliphatic rings. The summed E-state index contributed by atoms with van der Waals surface area (Å²) in [6.07, 6.45) is 13.3. The Labute approximate surface area is 120 Å². The second-order valence-electron chi connectivity index (χ2n) is 7.23. The van der Waals surface area contributed by atoms with Crippen molar-refractivity contribution < 1.29 is 9.90 Å². The van der Waals surface area contributed by atoms with Crippen LogP contribution in [0.25, 0.3) is 0 Å². The van der Waals surface area contributed by atoms with Crippen molar-refractivity contribution in [2.45, 2.75) is 45.1 Å². The lowest BCUT2D eigenvalue weighted by Crippen LogP contribution is -2.39. The summed E-state index contributed by atoms with van der Waals surface area (Å²) in [6.45, 7) is 2.22. The summed E-state index contributed by atoms with van der Waals surface area (Å²) < 4.78 is 0. The normalized spacial score (nSPS) is 46.2. The van der Waals surface area contributed by atoms with E-state index in [1.165, 1.54) is 17.6 Å². The number of allylic oxidation sites excluding steroid dienone is 5. The zero-order valence-corrected chi connectivity index (χ0v) is 12.0. The van der Waals surface area contributed by atoms with Gasteiger partial charge in [0.15, 0.2) is 5.78 Å². The van der Waals surface area contributed by atoms with Gasteiger partial charge in [0.1, 0.15) is 0 Å². The van der Waals surface area contributed by atoms with Crippen LogP contribution in [0.5, 0.6) is 0 Å². The minimum atomic E-state index is -0.185. The first-order valence-corrected chi connectivity index (χ1v) is 7.91. The van der Waals surface area contributed by atoms with Gasteiger partial charge in [0, 0.05) is 11.8 Å². The quantitative estimate of drug-likeness (QED) is 0.734. The van der Waals surface area contributed by atoms with Gasteiger partial charge in [0.25, 0.3) is 0 Å². The number of aliphatic hydroxyl groups is 1. The number of fused-ring (bicyclic) bond motifs is 4. The van der Waals surface area contributed by atoms with Crippen LogP contribution >= 0.6 is 0 Å². The number of rotatable bonds is 0. The van der Waals surface area contributed by atoms with E-state index in [1.807, 2.05) is 6.08 Å². The van der Waals surface area contributed by atoms with E-state index >= 15 is 0 Å². The van der Waals surface area contributed by atoms with Gasteiger partial charge in [0.2, 0.25) is 0 Å². The Kier molecular flexibility index (Phi) is 2.62. The summed E-state index contributed by atoms with van der Waals surface area (Å²) in [7, 11) is 0. The molecule has 5 atom stereocenters. The highest BCUT2D eigenvalue weighted by Crippen LogP contribution is 2.56. The SMILES string of the molecule is CC12C=CC3=CC4=CC(=O)CCC4CC3C1CCC2O. The molecule has 1 fully saturated rings. The first-order valence-electron chi connectivity index (χ1n) is 7.91. The highest BCUT2D eigenvalue weighted by Gasteiger charge is 2.51. The third-order valence-corrected chi connectivity index (χ3v) is 6.23. The van der Waals surface area contributed by atoms with Crippen molar-refractivity contribution in [3.05, 3.63) is 35.5 Å². The Morgan fingerprint density at radius 1 is 1.20 bits per heavy atom. The average molecular weight is 270 g/mol. The second-order valence-corrected chi connectivity index (χ2v) is 7.23. The molecule has 1 saturated carbocycles. The summed E-state index contributed by atoms with van der Waals surface area (Å²) in [5.41, 5.74) is 2.60. The Morgan fingerprint density at radius 2 is 2.05 bits per heavy atom. The van der Waals surface area contributed by atoms with Gasteiger partial charge in [-0.2, -0.15) is 0 Å². The summed E-state index contributed by atoms with van der Waals surface area (Å²) >= 11 is 0. The molecule has 4 aliphatic carbocycles. The standard InChI is InChI=1S/C18H22O2/c1-18-7-6-12-8-13-9-14(19)3-2-11(13)10-15(12)16(18)4-5-17(18)20/h6-9,11,15-17,20H,2-5,10H2,1H3. The average Bonchev–Trinajstić information content (AvgIpc) is 2.73. The molecular weight excluding hydrogens is 248 g/mol. The fraction of sp³-hybridized carbons (Fsp3) is 0.611. The van der Waals surface area contributed by atoms with E-state index in [1.54, 1.807) is 0 Å². The van der Waals surface area contributed by atoms with Gasteiger partial charge in [-0.1, -0.05) is 25.2 Å². The monoisotopic (exact) mass is 270 g/mol. The van der Waals surface area contributed by atoms with Crippen LogP contribution in [0, 0.1) is 23.2 Å². The van der Waals surface area contributed by atoms with Crippen molar-refractivity contribution in [3.8, 4) is 0 Å². The lowest BCUT2D eigenvalue weighted by Gasteiger charge is -2.45. The van der Waals surface area contributed by atoms with Crippen LogP contribution in [0.3, 0.4) is 0 Å². The molecule has 0 amide bonds. The molecule has 0 spiro atoms. The maximum absolute atomic E-state index is 11.6. The smallest absolute Gasteiger partial charge is 0.155 e. The van der Waals surface area contributed by atoms with Crippen molar-refractivity contribution in [3.63, 3.8) is 0 Å². The minimum Gasteiger partial charge on any atom is -0.392 e. The van der Waals surface area contributed by atoms with E-state index in [9.17, 15) is 9.90 Å². The molecule has 0 aromatic carbocycles. The first kappa shape index (κ1) is 12.6. The zero-order valence-electron chi connectivity index (χ0n) is 12.0. The Balaban J connectivity index is 1.75. The molecule has 4 rings (SSSR count). The van der Waals surface area contributed by atoms with Crippen LogP contribution in [-0.4, -0.2) is 17.0 Å². The summed E-state index contributed by atoms with van der Waals surface area (Å²) in [5, 5.41) is 10.3. The summed E-state index contributed by atoms with van der Waals surface area (Å²) in [6, 6.07) is 0. The minimum absolute atomic E-state index is 0.0340. The first-order chi connectivity index (χ1) is 9.58. The third kappa shape index (κ3) is 1.64. The predicted molar refractivity (Wildman–Crippen MR) is 78.0 cm³/mol. The van der Waals surface area contributed by atoms with Crippen molar-refractivity contribution in [1.29, 1.82) is 0 Å². The van der Waals surface area contributed by atoms with Gasteiger partial charge in [-0.3, -0.25) is 4.79 Å². The fourth-order valence-electron chi connectivity index (χ4n) is 4.93. The Hall–Kier alpha value is -1.15. The lowest BCUT2D eigenvalue weighted by molar-refractivity contribution is -0.115. The molecule has 1 N–H and O–H groups in total. The van der Waals surface area contributed by atoms with Gasteiger partial charge in [0.05, 0.1) is 6.10 Å². The van der Waals surface area contributed by atoms with Crippen molar-refractivity contribution in [1.82, 2.24) is 0 Å². The van der Waals surface area contributed by atoms with E-state index in [2.05, 4.69) is 25.2 Å². The van der Waals surface area contributed by atoms with Crippen LogP contribution < -0.4 is 0 Å². The molecule has 2 heteroatoms. The van der Waals surface area contributed by atoms with Crippen LogP contribution in [0.15, 0.2) is 35.5 Å². The van der Waals surface area contributed by atoms with E-state index in [4.69, 9.17) is 0 Å². The third-order valence-electron chi connectivity index (χ3n) is 6.23. The van der Waals surface area contributed by atoms with Crippen molar-refractivity contribution >= 4 is 5.78 Å². The molecule has 0 aromatic rings. The van der Waals surface area contributed by atoms with E-state index in [0.29, 0.717) is 24.2 Å². The van der Waals surface area contributed by atoms with E-state index in [-0.39, 0.29) is 17.3 Å². The molecule has 0 bridgehead atoms. The molecule has 106 valence electrons. The molecule has 20 heavy (non-hydrogen) atoms. The van der Waals surface area contributed by atoms with Gasteiger partial charge < -0.3 is 5.11 Å².